The van der Waals surface area contributed by atoms with Crippen molar-refractivity contribution < 1.29 is 4.79 Å². The van der Waals surface area contributed by atoms with Gasteiger partial charge in [-0.25, -0.2) is 0 Å². The number of halogens is 1. The maximum atomic E-state index is 11.8. The molecule has 1 N–H and O–H groups in total. The summed E-state index contributed by atoms with van der Waals surface area (Å²) in [7, 11) is 0. The Morgan fingerprint density at radius 3 is 2.39 bits per heavy atom. The van der Waals surface area contributed by atoms with Crippen LogP contribution in [0, 0.1) is 0 Å². The van der Waals surface area contributed by atoms with Crippen molar-refractivity contribution in [1.29, 1.82) is 0 Å². The number of benzene rings is 1. The first-order valence-electron chi connectivity index (χ1n) is 8.19. The van der Waals surface area contributed by atoms with Crippen molar-refractivity contribution in [2.75, 3.05) is 39.3 Å². The van der Waals surface area contributed by atoms with Gasteiger partial charge >= 0.3 is 0 Å². The van der Waals surface area contributed by atoms with E-state index in [0.717, 1.165) is 37.7 Å². The van der Waals surface area contributed by atoms with Gasteiger partial charge in [0.2, 0.25) is 5.91 Å². The van der Waals surface area contributed by atoms with E-state index >= 15 is 0 Å². The second-order valence-electron chi connectivity index (χ2n) is 6.25. The van der Waals surface area contributed by atoms with E-state index < -0.39 is 0 Å². The van der Waals surface area contributed by atoms with E-state index in [1.54, 1.807) is 0 Å². The molecule has 0 saturated carbocycles. The monoisotopic (exact) mass is 335 g/mol. The number of carbonyl (C=O) groups is 1. The highest BCUT2D eigenvalue weighted by atomic mass is 35.5. The molecule has 0 radical (unpaired) electrons. The zero-order chi connectivity index (χ0) is 16.7. The molecule has 1 aromatic carbocycles. The summed E-state index contributed by atoms with van der Waals surface area (Å²) in [5, 5.41) is 3.71. The van der Waals surface area contributed by atoms with Gasteiger partial charge in [-0.2, -0.15) is 0 Å². The average Bonchev–Trinajstić information content (AvgIpc) is 2.50. The maximum absolute atomic E-state index is 11.8. The quantitative estimate of drug-likeness (QED) is 0.867. The topological polar surface area (TPSA) is 35.6 Å². The molecule has 126 valence electrons. The molecule has 5 heteroatoms. The Labute approximate surface area is 144 Å². The highest BCUT2D eigenvalue weighted by Crippen LogP contribution is 2.11. The van der Waals surface area contributed by atoms with Crippen LogP contribution in [-0.2, 0) is 4.79 Å². The number of amides is 1. The van der Waals surface area contributed by atoms with Crippen molar-refractivity contribution in [3.63, 3.8) is 0 Å². The zero-order valence-electron chi connectivity index (χ0n) is 14.0. The van der Waals surface area contributed by atoms with Gasteiger partial charge in [-0.05, 0) is 31.5 Å². The van der Waals surface area contributed by atoms with E-state index in [0.29, 0.717) is 6.54 Å². The number of nitrogens with one attached hydrogen (secondary N) is 1. The maximum Gasteiger partial charge on any atom is 0.234 e. The smallest absolute Gasteiger partial charge is 0.234 e. The van der Waals surface area contributed by atoms with Gasteiger partial charge in [0, 0.05) is 43.8 Å². The Bertz CT molecular complexity index is 520. The van der Waals surface area contributed by atoms with Crippen molar-refractivity contribution >= 4 is 23.6 Å². The molecule has 0 spiro atoms. The minimum absolute atomic E-state index is 0.121. The molecular formula is C18H26ClN3O. The molecule has 1 amide bonds. The second kappa shape index (κ2) is 9.06. The Hall–Kier alpha value is -1.36. The first-order chi connectivity index (χ1) is 11.0. The van der Waals surface area contributed by atoms with Crippen LogP contribution in [0.4, 0.5) is 0 Å². The summed E-state index contributed by atoms with van der Waals surface area (Å²) in [6.45, 7) is 9.31. The Kier molecular flexibility index (Phi) is 7.09. The number of hydrogen-bond acceptors (Lipinski definition) is 3. The van der Waals surface area contributed by atoms with E-state index in [9.17, 15) is 4.79 Å². The number of hydrogen-bond donors (Lipinski definition) is 1. The molecule has 0 bridgehead atoms. The highest BCUT2D eigenvalue weighted by Gasteiger charge is 2.18. The summed E-state index contributed by atoms with van der Waals surface area (Å²) in [4.78, 5) is 16.4. The van der Waals surface area contributed by atoms with Gasteiger partial charge in [0.15, 0.2) is 0 Å². The lowest BCUT2D eigenvalue weighted by atomic mass is 10.2. The second-order valence-corrected chi connectivity index (χ2v) is 6.69. The lowest BCUT2D eigenvalue weighted by Crippen LogP contribution is -2.50. The molecule has 1 aliphatic rings. The molecule has 1 aliphatic heterocycles. The van der Waals surface area contributed by atoms with Crippen molar-refractivity contribution in [2.24, 2.45) is 0 Å². The molecule has 23 heavy (non-hydrogen) atoms. The molecular weight excluding hydrogens is 310 g/mol. The molecule has 1 aromatic rings. The molecule has 0 atom stereocenters. The van der Waals surface area contributed by atoms with Crippen LogP contribution in [0.1, 0.15) is 19.4 Å². The van der Waals surface area contributed by atoms with E-state index in [2.05, 4.69) is 27.3 Å². The molecule has 0 aliphatic carbocycles. The summed E-state index contributed by atoms with van der Waals surface area (Å²) in [6.07, 6.45) is 4.31. The Morgan fingerprint density at radius 2 is 1.78 bits per heavy atom. The van der Waals surface area contributed by atoms with E-state index in [1.807, 2.05) is 38.1 Å². The molecule has 1 heterocycles. The number of nitrogens with zero attached hydrogens (tertiary/aromatic N) is 2. The Balaban J connectivity index is 1.68. The zero-order valence-corrected chi connectivity index (χ0v) is 14.7. The molecule has 4 nitrogen and oxygen atoms in total. The van der Waals surface area contributed by atoms with Crippen LogP contribution in [0.3, 0.4) is 0 Å². The van der Waals surface area contributed by atoms with Gasteiger partial charge in [-0.3, -0.25) is 14.6 Å². The number of carbonyl (C=O) groups excluding carboxylic acids is 1. The highest BCUT2D eigenvalue weighted by molar-refractivity contribution is 6.30. The summed E-state index contributed by atoms with van der Waals surface area (Å²) in [6, 6.07) is 8.06. The summed E-state index contributed by atoms with van der Waals surface area (Å²) >= 11 is 5.88. The third-order valence-electron chi connectivity index (χ3n) is 3.83. The third-order valence-corrected chi connectivity index (χ3v) is 4.08. The average molecular weight is 336 g/mol. The van der Waals surface area contributed by atoms with Gasteiger partial charge in [0.05, 0.1) is 6.54 Å². The van der Waals surface area contributed by atoms with Crippen molar-refractivity contribution in [1.82, 2.24) is 15.1 Å². The SMILES string of the molecule is CC(C)NC(=O)CN1CCN(CC=Cc2ccc(Cl)cc2)CC1. The Morgan fingerprint density at radius 1 is 1.17 bits per heavy atom. The van der Waals surface area contributed by atoms with Crippen LogP contribution in [0.25, 0.3) is 6.08 Å². The van der Waals surface area contributed by atoms with Crippen LogP contribution in [-0.4, -0.2) is 61.0 Å². The van der Waals surface area contributed by atoms with Crippen LogP contribution in [0.2, 0.25) is 5.02 Å². The third kappa shape index (κ3) is 6.73. The minimum Gasteiger partial charge on any atom is -0.353 e. The number of rotatable bonds is 6. The van der Waals surface area contributed by atoms with Crippen LogP contribution >= 0.6 is 11.6 Å². The first-order valence-corrected chi connectivity index (χ1v) is 8.57. The summed E-state index contributed by atoms with van der Waals surface area (Å²) in [5.41, 5.74) is 1.17. The fourth-order valence-corrected chi connectivity index (χ4v) is 2.74. The molecule has 1 saturated heterocycles. The van der Waals surface area contributed by atoms with E-state index in [4.69, 9.17) is 11.6 Å². The van der Waals surface area contributed by atoms with Gasteiger partial charge in [0.25, 0.3) is 0 Å². The standard InChI is InChI=1S/C18H26ClN3O/c1-15(2)20-18(23)14-22-12-10-21(11-13-22)9-3-4-16-5-7-17(19)8-6-16/h3-8,15H,9-14H2,1-2H3,(H,20,23). The normalized spacial score (nSPS) is 17.0. The number of piperazine rings is 1. The van der Waals surface area contributed by atoms with Gasteiger partial charge < -0.3 is 5.32 Å². The predicted molar refractivity (Wildman–Crippen MR) is 96.6 cm³/mol. The fourth-order valence-electron chi connectivity index (χ4n) is 2.61. The van der Waals surface area contributed by atoms with Crippen LogP contribution < -0.4 is 5.32 Å². The summed E-state index contributed by atoms with van der Waals surface area (Å²) < 4.78 is 0. The predicted octanol–water partition coefficient (Wildman–Crippen LogP) is 2.50. The fraction of sp³-hybridized carbons (Fsp3) is 0.500. The van der Waals surface area contributed by atoms with Crippen molar-refractivity contribution in [3.05, 3.63) is 40.9 Å². The van der Waals surface area contributed by atoms with Crippen molar-refractivity contribution in [3.8, 4) is 0 Å². The lowest BCUT2D eigenvalue weighted by Gasteiger charge is -2.33. The summed E-state index contributed by atoms with van der Waals surface area (Å²) in [5.74, 6) is 0.121. The minimum atomic E-state index is 0.121. The van der Waals surface area contributed by atoms with Crippen LogP contribution in [0.5, 0.6) is 0 Å². The molecule has 0 unspecified atom stereocenters. The van der Waals surface area contributed by atoms with Crippen LogP contribution in [0.15, 0.2) is 30.3 Å². The first kappa shape index (κ1) is 18.0. The van der Waals surface area contributed by atoms with Gasteiger partial charge in [-0.15, -0.1) is 0 Å². The lowest BCUT2D eigenvalue weighted by molar-refractivity contribution is -0.123. The van der Waals surface area contributed by atoms with E-state index in [-0.39, 0.29) is 11.9 Å². The van der Waals surface area contributed by atoms with Crippen molar-refractivity contribution in [2.45, 2.75) is 19.9 Å². The molecule has 1 fully saturated rings. The van der Waals surface area contributed by atoms with E-state index in [1.165, 1.54) is 5.56 Å². The van der Waals surface area contributed by atoms with Gasteiger partial charge in [-0.1, -0.05) is 35.9 Å². The largest absolute Gasteiger partial charge is 0.353 e. The molecule has 0 aromatic heterocycles. The molecule has 2 rings (SSSR count). The van der Waals surface area contributed by atoms with Gasteiger partial charge in [0.1, 0.15) is 0 Å².